The molecule has 1 aromatic carbocycles. The van der Waals surface area contributed by atoms with Gasteiger partial charge in [0.25, 0.3) is 0 Å². The largest absolute Gasteiger partial charge is 0.378 e. The summed E-state index contributed by atoms with van der Waals surface area (Å²) in [4.78, 5) is 20.0. The number of nitrogens with zero attached hydrogens (tertiary/aromatic N) is 1. The van der Waals surface area contributed by atoms with Gasteiger partial charge in [-0.2, -0.15) is 0 Å². The highest BCUT2D eigenvalue weighted by atomic mass is 35.5. The Morgan fingerprint density at radius 3 is 2.78 bits per heavy atom. The number of amides is 1. The number of ether oxygens (including phenoxy) is 1. The molecule has 0 saturated heterocycles. The maximum atomic E-state index is 13.2. The zero-order chi connectivity index (χ0) is 18.2. The predicted octanol–water partition coefficient (Wildman–Crippen LogP) is 2.74. The topological polar surface area (TPSA) is 93.0 Å². The van der Waals surface area contributed by atoms with Crippen molar-refractivity contribution in [3.05, 3.63) is 29.8 Å². The van der Waals surface area contributed by atoms with E-state index >= 15 is 0 Å². The number of hydrogen-bond acceptors (Lipinski definition) is 4. The lowest BCUT2D eigenvalue weighted by atomic mass is 9.54. The molecule has 0 aliphatic heterocycles. The van der Waals surface area contributed by atoms with E-state index in [-0.39, 0.29) is 42.6 Å². The van der Waals surface area contributed by atoms with Crippen molar-refractivity contribution in [1.29, 1.82) is 0 Å². The van der Waals surface area contributed by atoms with E-state index in [1.54, 1.807) is 6.07 Å². The van der Waals surface area contributed by atoms with E-state index in [0.29, 0.717) is 42.9 Å². The van der Waals surface area contributed by atoms with Gasteiger partial charge in [0.1, 0.15) is 17.2 Å². The number of aromatic nitrogens is 2. The highest BCUT2D eigenvalue weighted by Gasteiger charge is 2.62. The van der Waals surface area contributed by atoms with Gasteiger partial charge in [0.15, 0.2) is 0 Å². The monoisotopic (exact) mass is 420 g/mol. The van der Waals surface area contributed by atoms with Crippen LogP contribution in [0.15, 0.2) is 18.2 Å². The molecule has 6 nitrogen and oxygen atoms in total. The molecule has 27 heavy (non-hydrogen) atoms. The highest BCUT2D eigenvalue weighted by molar-refractivity contribution is 5.88. The smallest absolute Gasteiger partial charge is 0.240 e. The standard InChI is InChI=1S/C18H25FN4O2.2ClH/c1-4-25-14-10-18(20,17(14,2)3)16(24)21-8-7-15-22-12-6-5-11(19)9-13(12)23-15;;/h5-6,9,14H,4,7-8,10,20H2,1-3H3,(H,21,24)(H,22,23);2*1H. The van der Waals surface area contributed by atoms with E-state index in [9.17, 15) is 9.18 Å². The summed E-state index contributed by atoms with van der Waals surface area (Å²) in [6, 6.07) is 4.41. The molecule has 1 heterocycles. The first-order chi connectivity index (χ1) is 11.8. The lowest BCUT2D eigenvalue weighted by Crippen LogP contribution is -2.75. The van der Waals surface area contributed by atoms with Gasteiger partial charge in [-0.15, -0.1) is 24.8 Å². The minimum Gasteiger partial charge on any atom is -0.378 e. The lowest BCUT2D eigenvalue weighted by Gasteiger charge is -2.57. The molecule has 4 N–H and O–H groups in total. The lowest BCUT2D eigenvalue weighted by molar-refractivity contribution is -0.170. The Bertz CT molecular complexity index is 799. The number of H-pyrrole nitrogens is 1. The summed E-state index contributed by atoms with van der Waals surface area (Å²) in [6.45, 7) is 6.88. The molecule has 152 valence electrons. The average Bonchev–Trinajstić information content (AvgIpc) is 2.96. The molecule has 0 radical (unpaired) electrons. The van der Waals surface area contributed by atoms with Crippen LogP contribution in [0.25, 0.3) is 11.0 Å². The molecule has 1 aromatic heterocycles. The summed E-state index contributed by atoms with van der Waals surface area (Å²) in [5.41, 5.74) is 6.36. The molecule has 9 heteroatoms. The number of hydrogen-bond donors (Lipinski definition) is 3. The summed E-state index contributed by atoms with van der Waals surface area (Å²) < 4.78 is 18.9. The highest BCUT2D eigenvalue weighted by Crippen LogP contribution is 2.49. The first-order valence-corrected chi connectivity index (χ1v) is 8.61. The van der Waals surface area contributed by atoms with Crippen molar-refractivity contribution >= 4 is 41.8 Å². The van der Waals surface area contributed by atoms with E-state index in [4.69, 9.17) is 10.5 Å². The van der Waals surface area contributed by atoms with Crippen LogP contribution < -0.4 is 11.1 Å². The van der Waals surface area contributed by atoms with Gasteiger partial charge in [-0.1, -0.05) is 13.8 Å². The number of benzene rings is 1. The number of carbonyl (C=O) groups is 1. The summed E-state index contributed by atoms with van der Waals surface area (Å²) >= 11 is 0. The number of imidazole rings is 1. The maximum Gasteiger partial charge on any atom is 0.240 e. The molecule has 1 saturated carbocycles. The van der Waals surface area contributed by atoms with E-state index in [1.165, 1.54) is 12.1 Å². The SMILES string of the molecule is CCOC1CC(N)(C(=O)NCCc2nc3ccc(F)cc3[nH]2)C1(C)C.Cl.Cl. The van der Waals surface area contributed by atoms with Crippen molar-refractivity contribution in [2.75, 3.05) is 13.2 Å². The number of fused-ring (bicyclic) bond motifs is 1. The van der Waals surface area contributed by atoms with Crippen LogP contribution in [0, 0.1) is 11.2 Å². The molecular formula is C18H27Cl2FN4O2. The van der Waals surface area contributed by atoms with Crippen LogP contribution in [-0.2, 0) is 16.0 Å². The van der Waals surface area contributed by atoms with Crippen molar-refractivity contribution in [1.82, 2.24) is 15.3 Å². The van der Waals surface area contributed by atoms with Gasteiger partial charge in [-0.05, 0) is 25.1 Å². The van der Waals surface area contributed by atoms with Gasteiger partial charge >= 0.3 is 0 Å². The number of nitrogens with one attached hydrogen (secondary N) is 2. The Morgan fingerprint density at radius 2 is 2.15 bits per heavy atom. The Kier molecular flexibility index (Phi) is 7.64. The van der Waals surface area contributed by atoms with Crippen molar-refractivity contribution in [3.8, 4) is 0 Å². The maximum absolute atomic E-state index is 13.2. The summed E-state index contributed by atoms with van der Waals surface area (Å²) in [5.74, 6) is 0.222. The molecule has 2 aromatic rings. The molecule has 0 bridgehead atoms. The first-order valence-electron chi connectivity index (χ1n) is 8.61. The Labute approximate surface area is 170 Å². The van der Waals surface area contributed by atoms with Crippen LogP contribution in [0.5, 0.6) is 0 Å². The molecule has 1 aliphatic rings. The molecule has 1 amide bonds. The number of aromatic amines is 1. The van der Waals surface area contributed by atoms with Crippen LogP contribution in [-0.4, -0.2) is 40.7 Å². The van der Waals surface area contributed by atoms with Crippen molar-refractivity contribution in [2.24, 2.45) is 11.1 Å². The van der Waals surface area contributed by atoms with E-state index in [2.05, 4.69) is 15.3 Å². The number of nitrogens with two attached hydrogens (primary N) is 1. The van der Waals surface area contributed by atoms with E-state index in [1.807, 2.05) is 20.8 Å². The quantitative estimate of drug-likeness (QED) is 0.669. The van der Waals surface area contributed by atoms with Gasteiger partial charge in [-0.3, -0.25) is 4.79 Å². The number of halogens is 3. The zero-order valence-corrected chi connectivity index (χ0v) is 17.3. The fraction of sp³-hybridized carbons (Fsp3) is 0.556. The molecule has 1 aliphatic carbocycles. The molecular weight excluding hydrogens is 394 g/mol. The fourth-order valence-electron chi connectivity index (χ4n) is 3.43. The third-order valence-electron chi connectivity index (χ3n) is 5.38. The van der Waals surface area contributed by atoms with Crippen molar-refractivity contribution in [2.45, 2.75) is 45.3 Å². The molecule has 2 unspecified atom stereocenters. The van der Waals surface area contributed by atoms with Crippen LogP contribution >= 0.6 is 24.8 Å². The Balaban J connectivity index is 0.00000182. The summed E-state index contributed by atoms with van der Waals surface area (Å²) in [6.07, 6.45) is 1.04. The van der Waals surface area contributed by atoms with Gasteiger partial charge in [-0.25, -0.2) is 9.37 Å². The predicted molar refractivity (Wildman–Crippen MR) is 108 cm³/mol. The first kappa shape index (κ1) is 23.6. The van der Waals surface area contributed by atoms with Crippen molar-refractivity contribution in [3.63, 3.8) is 0 Å². The zero-order valence-electron chi connectivity index (χ0n) is 15.7. The van der Waals surface area contributed by atoms with Gasteiger partial charge in [0, 0.05) is 31.4 Å². The second-order valence-electron chi connectivity index (χ2n) is 7.19. The average molecular weight is 421 g/mol. The van der Waals surface area contributed by atoms with Gasteiger partial charge in [0.2, 0.25) is 5.91 Å². The van der Waals surface area contributed by atoms with Gasteiger partial charge in [0.05, 0.1) is 17.1 Å². The van der Waals surface area contributed by atoms with Crippen LogP contribution in [0.1, 0.15) is 33.0 Å². The number of carbonyl (C=O) groups excluding carboxylic acids is 1. The molecule has 1 fully saturated rings. The summed E-state index contributed by atoms with van der Waals surface area (Å²) in [5, 5.41) is 2.89. The minimum atomic E-state index is -0.927. The minimum absolute atomic E-state index is 0. The van der Waals surface area contributed by atoms with Crippen LogP contribution in [0.2, 0.25) is 0 Å². The van der Waals surface area contributed by atoms with Crippen LogP contribution in [0.4, 0.5) is 4.39 Å². The third-order valence-corrected chi connectivity index (χ3v) is 5.38. The molecule has 2 atom stereocenters. The molecule has 0 spiro atoms. The second-order valence-corrected chi connectivity index (χ2v) is 7.19. The summed E-state index contributed by atoms with van der Waals surface area (Å²) in [7, 11) is 0. The Hall–Kier alpha value is -1.41. The third kappa shape index (κ3) is 4.21. The van der Waals surface area contributed by atoms with E-state index in [0.717, 1.165) is 0 Å². The van der Waals surface area contributed by atoms with Crippen LogP contribution in [0.3, 0.4) is 0 Å². The Morgan fingerprint density at radius 1 is 1.44 bits per heavy atom. The molecule has 3 rings (SSSR count). The fourth-order valence-corrected chi connectivity index (χ4v) is 3.43. The second kappa shape index (κ2) is 8.73. The van der Waals surface area contributed by atoms with Gasteiger partial charge < -0.3 is 20.8 Å². The normalized spacial score (nSPS) is 23.1. The van der Waals surface area contributed by atoms with Crippen molar-refractivity contribution < 1.29 is 13.9 Å². The number of rotatable bonds is 6. The van der Waals surface area contributed by atoms with E-state index < -0.39 is 11.0 Å².